The second-order valence-corrected chi connectivity index (χ2v) is 10.2. The summed E-state index contributed by atoms with van der Waals surface area (Å²) < 4.78 is 0. The third-order valence-corrected chi connectivity index (χ3v) is 4.95. The maximum atomic E-state index is 10.6. The van der Waals surface area contributed by atoms with E-state index < -0.39 is 0 Å². The van der Waals surface area contributed by atoms with Gasteiger partial charge in [0.1, 0.15) is 5.75 Å². The molecule has 0 saturated heterocycles. The molecule has 1 nitrogen and oxygen atoms in total. The first-order valence-electron chi connectivity index (χ1n) is 10.4. The van der Waals surface area contributed by atoms with Crippen LogP contribution in [0.1, 0.15) is 104 Å². The molecule has 1 aromatic carbocycles. The van der Waals surface area contributed by atoms with Crippen LogP contribution in [0.4, 0.5) is 0 Å². The van der Waals surface area contributed by atoms with Gasteiger partial charge >= 0.3 is 0 Å². The minimum absolute atomic E-state index is 0.440. The van der Waals surface area contributed by atoms with Crippen molar-refractivity contribution in [3.05, 3.63) is 29.3 Å². The number of hydrogen-bond acceptors (Lipinski definition) is 1. The minimum atomic E-state index is 0.440. The summed E-state index contributed by atoms with van der Waals surface area (Å²) in [7, 11) is 0. The minimum Gasteiger partial charge on any atom is -0.507 e. The van der Waals surface area contributed by atoms with Crippen LogP contribution in [0.25, 0.3) is 0 Å². The van der Waals surface area contributed by atoms with Crippen LogP contribution in [0.5, 0.6) is 5.75 Å². The summed E-state index contributed by atoms with van der Waals surface area (Å²) in [4.78, 5) is 0. The molecule has 1 aromatic rings. The van der Waals surface area contributed by atoms with Gasteiger partial charge in [0, 0.05) is 0 Å². The van der Waals surface area contributed by atoms with E-state index in [4.69, 9.17) is 0 Å². The summed E-state index contributed by atoms with van der Waals surface area (Å²) in [5, 5.41) is 10.6. The molecule has 0 bridgehead atoms. The fourth-order valence-corrected chi connectivity index (χ4v) is 3.34. The van der Waals surface area contributed by atoms with Crippen molar-refractivity contribution >= 4 is 0 Å². The molecule has 0 heterocycles. The molecule has 0 amide bonds. The van der Waals surface area contributed by atoms with E-state index in [1.807, 2.05) is 0 Å². The van der Waals surface area contributed by atoms with E-state index >= 15 is 0 Å². The van der Waals surface area contributed by atoms with Gasteiger partial charge in [-0.3, -0.25) is 0 Å². The number of aryl methyl sites for hydroxylation is 2. The third kappa shape index (κ3) is 10.6. The number of benzene rings is 1. The van der Waals surface area contributed by atoms with Gasteiger partial charge in [0.25, 0.3) is 0 Å². The van der Waals surface area contributed by atoms with Gasteiger partial charge in [-0.15, -0.1) is 0 Å². The maximum Gasteiger partial charge on any atom is 0.121 e. The quantitative estimate of drug-likeness (QED) is 0.430. The zero-order valence-corrected chi connectivity index (χ0v) is 17.8. The molecule has 0 aliphatic rings. The number of phenolic OH excluding ortho intramolecular Hbond substituents is 1. The number of phenols is 1. The molecular weight excluding hydrogens is 304 g/mol. The van der Waals surface area contributed by atoms with Gasteiger partial charge in [-0.1, -0.05) is 85.4 Å². The Morgan fingerprint density at radius 1 is 0.640 bits per heavy atom. The Labute approximate surface area is 157 Å². The predicted octanol–water partition coefficient (Wildman–Crippen LogP) is 7.69. The van der Waals surface area contributed by atoms with E-state index in [1.165, 1.54) is 51.4 Å². The first kappa shape index (κ1) is 22.1. The lowest BCUT2D eigenvalue weighted by atomic mass is 9.89. The molecule has 1 N–H and O–H groups in total. The topological polar surface area (TPSA) is 20.2 Å². The lowest BCUT2D eigenvalue weighted by Crippen LogP contribution is -2.04. The highest BCUT2D eigenvalue weighted by Gasteiger charge is 2.11. The van der Waals surface area contributed by atoms with Crippen molar-refractivity contribution in [2.75, 3.05) is 0 Å². The van der Waals surface area contributed by atoms with Crippen LogP contribution in [0, 0.1) is 10.8 Å². The van der Waals surface area contributed by atoms with Crippen LogP contribution < -0.4 is 0 Å². The van der Waals surface area contributed by atoms with Gasteiger partial charge in [-0.25, -0.2) is 0 Å². The average Bonchev–Trinajstić information content (AvgIpc) is 2.47. The second-order valence-electron chi connectivity index (χ2n) is 10.2. The lowest BCUT2D eigenvalue weighted by molar-refractivity contribution is 0.357. The van der Waals surface area contributed by atoms with Gasteiger partial charge in [0.05, 0.1) is 0 Å². The maximum absolute atomic E-state index is 10.6. The van der Waals surface area contributed by atoms with Crippen LogP contribution in [0.15, 0.2) is 18.2 Å². The Morgan fingerprint density at radius 2 is 1.04 bits per heavy atom. The van der Waals surface area contributed by atoms with E-state index in [0.717, 1.165) is 24.0 Å². The molecule has 1 rings (SSSR count). The van der Waals surface area contributed by atoms with Crippen molar-refractivity contribution in [2.45, 2.75) is 106 Å². The van der Waals surface area contributed by atoms with Crippen molar-refractivity contribution < 1.29 is 5.11 Å². The lowest BCUT2D eigenvalue weighted by Gasteiger charge is -2.17. The zero-order chi connectivity index (χ0) is 18.9. The van der Waals surface area contributed by atoms with Crippen molar-refractivity contribution in [3.8, 4) is 5.75 Å². The summed E-state index contributed by atoms with van der Waals surface area (Å²) in [6.45, 7) is 13.9. The highest BCUT2D eigenvalue weighted by Crippen LogP contribution is 2.28. The van der Waals surface area contributed by atoms with Gasteiger partial charge in [-0.05, 0) is 60.5 Å². The molecular formula is C24H42O. The molecule has 0 aliphatic carbocycles. The standard InChI is InChI=1S/C24H42O/c1-23(2,3)18-11-7-9-14-20-16-13-17-21(22(20)25)15-10-8-12-19-24(4,5)6/h13,16-17,25H,7-12,14-15,18-19H2,1-6H3. The Hall–Kier alpha value is -0.980. The summed E-state index contributed by atoms with van der Waals surface area (Å²) in [6.07, 6.45) is 12.0. The summed E-state index contributed by atoms with van der Waals surface area (Å²) in [5.74, 6) is 0.564. The molecule has 0 atom stereocenters. The molecule has 0 aliphatic heterocycles. The molecule has 1 heteroatoms. The highest BCUT2D eigenvalue weighted by atomic mass is 16.3. The summed E-state index contributed by atoms with van der Waals surface area (Å²) in [6, 6.07) is 6.32. The van der Waals surface area contributed by atoms with E-state index in [9.17, 15) is 5.11 Å². The van der Waals surface area contributed by atoms with Crippen molar-refractivity contribution in [2.24, 2.45) is 10.8 Å². The Bertz CT molecular complexity index is 446. The molecule has 144 valence electrons. The van der Waals surface area contributed by atoms with E-state index in [0.29, 0.717) is 16.6 Å². The van der Waals surface area contributed by atoms with E-state index in [-0.39, 0.29) is 0 Å². The number of rotatable bonds is 10. The van der Waals surface area contributed by atoms with Gasteiger partial charge in [-0.2, -0.15) is 0 Å². The first-order chi connectivity index (χ1) is 11.6. The van der Waals surface area contributed by atoms with Crippen LogP contribution in [0.2, 0.25) is 0 Å². The monoisotopic (exact) mass is 346 g/mol. The Kier molecular flexibility index (Phi) is 9.03. The normalized spacial score (nSPS) is 12.6. The number of para-hydroxylation sites is 1. The number of unbranched alkanes of at least 4 members (excludes halogenated alkanes) is 4. The number of aromatic hydroxyl groups is 1. The van der Waals surface area contributed by atoms with Crippen LogP contribution >= 0.6 is 0 Å². The molecule has 0 spiro atoms. The summed E-state index contributed by atoms with van der Waals surface area (Å²) >= 11 is 0. The zero-order valence-electron chi connectivity index (χ0n) is 17.8. The van der Waals surface area contributed by atoms with E-state index in [2.05, 4.69) is 59.7 Å². The number of hydrogen-bond donors (Lipinski definition) is 1. The van der Waals surface area contributed by atoms with Crippen molar-refractivity contribution in [1.29, 1.82) is 0 Å². The molecule has 0 unspecified atom stereocenters. The van der Waals surface area contributed by atoms with Gasteiger partial charge in [0.15, 0.2) is 0 Å². The Morgan fingerprint density at radius 3 is 1.40 bits per heavy atom. The predicted molar refractivity (Wildman–Crippen MR) is 111 cm³/mol. The second kappa shape index (κ2) is 10.2. The third-order valence-electron chi connectivity index (χ3n) is 4.95. The van der Waals surface area contributed by atoms with Crippen LogP contribution in [-0.4, -0.2) is 5.11 Å². The SMILES string of the molecule is CC(C)(C)CCCCCc1cccc(CCCCCC(C)(C)C)c1O. The van der Waals surface area contributed by atoms with Crippen LogP contribution in [0.3, 0.4) is 0 Å². The fourth-order valence-electron chi connectivity index (χ4n) is 3.34. The van der Waals surface area contributed by atoms with Crippen molar-refractivity contribution in [1.82, 2.24) is 0 Å². The van der Waals surface area contributed by atoms with E-state index in [1.54, 1.807) is 0 Å². The molecule has 0 radical (unpaired) electrons. The molecule has 0 aromatic heterocycles. The smallest absolute Gasteiger partial charge is 0.121 e. The largest absolute Gasteiger partial charge is 0.507 e. The average molecular weight is 347 g/mol. The summed E-state index contributed by atoms with van der Waals surface area (Å²) in [5.41, 5.74) is 3.16. The Balaban J connectivity index is 2.34. The van der Waals surface area contributed by atoms with Crippen LogP contribution in [-0.2, 0) is 12.8 Å². The highest BCUT2D eigenvalue weighted by molar-refractivity contribution is 5.40. The molecule has 0 saturated carbocycles. The van der Waals surface area contributed by atoms with Gasteiger partial charge < -0.3 is 5.11 Å². The molecule has 25 heavy (non-hydrogen) atoms. The first-order valence-corrected chi connectivity index (χ1v) is 10.4. The molecule has 0 fully saturated rings. The van der Waals surface area contributed by atoms with Gasteiger partial charge in [0.2, 0.25) is 0 Å². The fraction of sp³-hybridized carbons (Fsp3) is 0.750. The van der Waals surface area contributed by atoms with Crippen molar-refractivity contribution in [3.63, 3.8) is 0 Å².